The van der Waals surface area contributed by atoms with Crippen molar-refractivity contribution in [2.75, 3.05) is 11.4 Å². The number of carbonyl (C=O) groups is 2. The van der Waals surface area contributed by atoms with Crippen LogP contribution in [0.3, 0.4) is 0 Å². The summed E-state index contributed by atoms with van der Waals surface area (Å²) >= 11 is 0. The quantitative estimate of drug-likeness (QED) is 0.733. The van der Waals surface area contributed by atoms with Gasteiger partial charge >= 0.3 is 6.03 Å². The molecule has 1 saturated heterocycles. The maximum absolute atomic E-state index is 11.5. The molecule has 1 aliphatic rings. The number of nitrogens with two attached hydrogens (primary N) is 1. The number of hydrogen-bond acceptors (Lipinski definition) is 4. The lowest BCUT2D eigenvalue weighted by Crippen LogP contribution is -2.49. The molecule has 0 bridgehead atoms. The van der Waals surface area contributed by atoms with E-state index in [-0.39, 0.29) is 5.91 Å². The molecule has 1 aromatic rings. The average molecular weight is 220 g/mol. The molecule has 6 heteroatoms. The van der Waals surface area contributed by atoms with Gasteiger partial charge in [-0.15, -0.1) is 0 Å². The molecular weight excluding hydrogens is 208 g/mol. The molecule has 1 fully saturated rings. The topological polar surface area (TPSA) is 88.3 Å². The summed E-state index contributed by atoms with van der Waals surface area (Å²) in [6.07, 6.45) is 1.92. The van der Waals surface area contributed by atoms with Gasteiger partial charge in [-0.25, -0.2) is 9.78 Å². The second kappa shape index (κ2) is 4.28. The minimum atomic E-state index is -0.427. The van der Waals surface area contributed by atoms with E-state index >= 15 is 0 Å². The van der Waals surface area contributed by atoms with Crippen molar-refractivity contribution in [1.82, 2.24) is 10.3 Å². The van der Waals surface area contributed by atoms with E-state index in [1.54, 1.807) is 12.3 Å². The first-order chi connectivity index (χ1) is 7.70. The SMILES string of the molecule is NCc1ccc(N2CCC(=O)NC2=O)nc1. The van der Waals surface area contributed by atoms with Crippen molar-refractivity contribution in [1.29, 1.82) is 0 Å². The largest absolute Gasteiger partial charge is 0.329 e. The van der Waals surface area contributed by atoms with Crippen molar-refractivity contribution in [3.63, 3.8) is 0 Å². The Bertz CT molecular complexity index is 415. The first-order valence-electron chi connectivity index (χ1n) is 4.97. The zero-order chi connectivity index (χ0) is 11.5. The van der Waals surface area contributed by atoms with Crippen LogP contribution >= 0.6 is 0 Å². The standard InChI is InChI=1S/C10H12N4O2/c11-5-7-1-2-8(12-6-7)14-4-3-9(15)13-10(14)16/h1-2,6H,3-5,11H2,(H,13,15,16). The minimum absolute atomic E-state index is 0.250. The predicted octanol–water partition coefficient (Wildman–Crippen LogP) is -0.0134. The number of pyridine rings is 1. The summed E-state index contributed by atoms with van der Waals surface area (Å²) in [7, 11) is 0. The van der Waals surface area contributed by atoms with E-state index < -0.39 is 6.03 Å². The van der Waals surface area contributed by atoms with Gasteiger partial charge in [-0.1, -0.05) is 6.07 Å². The molecule has 6 nitrogen and oxygen atoms in total. The van der Waals surface area contributed by atoms with Crippen molar-refractivity contribution in [3.8, 4) is 0 Å². The maximum atomic E-state index is 11.5. The predicted molar refractivity (Wildman–Crippen MR) is 57.6 cm³/mol. The molecule has 0 unspecified atom stereocenters. The van der Waals surface area contributed by atoms with E-state index in [1.165, 1.54) is 4.90 Å². The molecule has 3 N–H and O–H groups in total. The zero-order valence-electron chi connectivity index (χ0n) is 8.64. The minimum Gasteiger partial charge on any atom is -0.326 e. The highest BCUT2D eigenvalue weighted by molar-refractivity contribution is 6.05. The molecule has 1 aromatic heterocycles. The molecule has 3 amide bonds. The number of nitrogens with one attached hydrogen (secondary N) is 1. The summed E-state index contributed by atoms with van der Waals surface area (Å²) in [6.45, 7) is 0.775. The van der Waals surface area contributed by atoms with Crippen LogP contribution in [0.25, 0.3) is 0 Å². The summed E-state index contributed by atoms with van der Waals surface area (Å²) in [4.78, 5) is 28.0. The van der Waals surface area contributed by atoms with E-state index in [0.717, 1.165) is 5.56 Å². The third-order valence-corrected chi connectivity index (χ3v) is 2.38. The Labute approximate surface area is 92.4 Å². The number of carbonyl (C=O) groups excluding carboxylic acids is 2. The van der Waals surface area contributed by atoms with E-state index in [2.05, 4.69) is 10.3 Å². The lowest BCUT2D eigenvalue weighted by molar-refractivity contribution is -0.120. The maximum Gasteiger partial charge on any atom is 0.329 e. The fraction of sp³-hybridized carbons (Fsp3) is 0.300. The fourth-order valence-corrected chi connectivity index (χ4v) is 1.48. The number of rotatable bonds is 2. The number of amides is 3. The Balaban J connectivity index is 2.17. The Morgan fingerprint density at radius 1 is 1.44 bits per heavy atom. The molecule has 0 spiro atoms. The van der Waals surface area contributed by atoms with E-state index in [4.69, 9.17) is 5.73 Å². The van der Waals surface area contributed by atoms with Crippen molar-refractivity contribution in [3.05, 3.63) is 23.9 Å². The molecule has 2 heterocycles. The summed E-state index contributed by atoms with van der Waals surface area (Å²) in [5, 5.41) is 2.24. The van der Waals surface area contributed by atoms with Gasteiger partial charge in [0.2, 0.25) is 5.91 Å². The van der Waals surface area contributed by atoms with Crippen LogP contribution in [0, 0.1) is 0 Å². The van der Waals surface area contributed by atoms with Gasteiger partial charge < -0.3 is 5.73 Å². The van der Waals surface area contributed by atoms with Gasteiger partial charge in [-0.2, -0.15) is 0 Å². The number of imide groups is 1. The van der Waals surface area contributed by atoms with Crippen LogP contribution in [-0.4, -0.2) is 23.5 Å². The monoisotopic (exact) mass is 220 g/mol. The Morgan fingerprint density at radius 3 is 2.81 bits per heavy atom. The number of aromatic nitrogens is 1. The highest BCUT2D eigenvalue weighted by Crippen LogP contribution is 2.14. The second-order valence-corrected chi connectivity index (χ2v) is 3.48. The third kappa shape index (κ3) is 2.01. The zero-order valence-corrected chi connectivity index (χ0v) is 8.64. The van der Waals surface area contributed by atoms with E-state index in [1.807, 2.05) is 6.07 Å². The molecular formula is C10H12N4O2. The first kappa shape index (κ1) is 10.6. The molecule has 1 aliphatic heterocycles. The summed E-state index contributed by atoms with van der Waals surface area (Å²) in [6, 6.07) is 3.10. The Hall–Kier alpha value is -1.95. The molecule has 2 rings (SSSR count). The molecule has 0 aliphatic carbocycles. The van der Waals surface area contributed by atoms with Gasteiger partial charge in [-0.3, -0.25) is 15.0 Å². The van der Waals surface area contributed by atoms with Gasteiger partial charge in [0.15, 0.2) is 0 Å². The van der Waals surface area contributed by atoms with Crippen molar-refractivity contribution < 1.29 is 9.59 Å². The summed E-state index contributed by atoms with van der Waals surface area (Å²) in [5.41, 5.74) is 6.35. The Morgan fingerprint density at radius 2 is 2.25 bits per heavy atom. The van der Waals surface area contributed by atoms with Gasteiger partial charge in [-0.05, 0) is 11.6 Å². The normalized spacial score (nSPS) is 16.2. The Kier molecular flexibility index (Phi) is 2.82. The summed E-state index contributed by atoms with van der Waals surface area (Å²) in [5.74, 6) is 0.280. The second-order valence-electron chi connectivity index (χ2n) is 3.48. The lowest BCUT2D eigenvalue weighted by Gasteiger charge is -2.25. The van der Waals surface area contributed by atoms with E-state index in [9.17, 15) is 9.59 Å². The van der Waals surface area contributed by atoms with Crippen molar-refractivity contribution >= 4 is 17.8 Å². The number of urea groups is 1. The van der Waals surface area contributed by atoms with Crippen molar-refractivity contribution in [2.45, 2.75) is 13.0 Å². The average Bonchev–Trinajstić information content (AvgIpc) is 2.29. The van der Waals surface area contributed by atoms with Crippen LogP contribution in [0.5, 0.6) is 0 Å². The lowest BCUT2D eigenvalue weighted by atomic mass is 10.2. The van der Waals surface area contributed by atoms with Gasteiger partial charge in [0.05, 0.1) is 0 Å². The van der Waals surface area contributed by atoms with Crippen LogP contribution in [-0.2, 0) is 11.3 Å². The van der Waals surface area contributed by atoms with Gasteiger partial charge in [0.1, 0.15) is 5.82 Å². The highest BCUT2D eigenvalue weighted by atomic mass is 16.2. The summed E-state index contributed by atoms with van der Waals surface area (Å²) < 4.78 is 0. The van der Waals surface area contributed by atoms with Gasteiger partial charge in [0, 0.05) is 25.7 Å². The molecule has 84 valence electrons. The third-order valence-electron chi connectivity index (χ3n) is 2.38. The van der Waals surface area contributed by atoms with Crippen LogP contribution in [0.4, 0.5) is 10.6 Å². The molecule has 0 atom stereocenters. The first-order valence-corrected chi connectivity index (χ1v) is 4.97. The molecule has 0 saturated carbocycles. The van der Waals surface area contributed by atoms with Crippen LogP contribution in [0.2, 0.25) is 0 Å². The highest BCUT2D eigenvalue weighted by Gasteiger charge is 2.24. The number of nitrogens with zero attached hydrogens (tertiary/aromatic N) is 2. The molecule has 16 heavy (non-hydrogen) atoms. The molecule has 0 radical (unpaired) electrons. The van der Waals surface area contributed by atoms with Gasteiger partial charge in [0.25, 0.3) is 0 Å². The number of hydrogen-bond donors (Lipinski definition) is 2. The fourth-order valence-electron chi connectivity index (χ4n) is 1.48. The molecule has 0 aromatic carbocycles. The van der Waals surface area contributed by atoms with Crippen LogP contribution < -0.4 is 16.0 Å². The van der Waals surface area contributed by atoms with Crippen LogP contribution in [0.15, 0.2) is 18.3 Å². The smallest absolute Gasteiger partial charge is 0.326 e. The van der Waals surface area contributed by atoms with E-state index in [0.29, 0.717) is 25.3 Å². The van der Waals surface area contributed by atoms with Crippen LogP contribution in [0.1, 0.15) is 12.0 Å². The van der Waals surface area contributed by atoms with Crippen molar-refractivity contribution in [2.24, 2.45) is 5.73 Å². The number of anilines is 1.